The topological polar surface area (TPSA) is 61.8 Å². The van der Waals surface area contributed by atoms with Crippen LogP contribution in [0.25, 0.3) is 0 Å². The van der Waals surface area contributed by atoms with Crippen LogP contribution < -0.4 is 10.1 Å². The first-order chi connectivity index (χ1) is 10.1. The number of amides is 2. The molecule has 0 aliphatic carbocycles. The van der Waals surface area contributed by atoms with Crippen molar-refractivity contribution in [3.8, 4) is 5.75 Å². The monoisotopic (exact) mass is 294 g/mol. The fraction of sp³-hybridized carbons (Fsp3) is 0.562. The summed E-state index contributed by atoms with van der Waals surface area (Å²) < 4.78 is 5.68. The third-order valence-corrected chi connectivity index (χ3v) is 2.93. The number of rotatable bonds is 8. The number of nitrogens with zero attached hydrogens (tertiary/aromatic N) is 1. The van der Waals surface area contributed by atoms with Crippen molar-refractivity contribution in [1.29, 1.82) is 0 Å². The number of ether oxygens (including phenoxy) is 1. The van der Waals surface area contributed by atoms with Gasteiger partial charge in [0.25, 0.3) is 0 Å². The Kier molecular flexibility index (Phi) is 7.61. The first-order valence-corrected chi connectivity index (χ1v) is 7.51. The van der Waals surface area contributed by atoms with Gasteiger partial charge in [-0.15, -0.1) is 0 Å². The molecule has 118 valence electrons. The number of nitrogens with one attached hydrogen (secondary N) is 1. The standard InChI is InChI=1S/C16H26N2O3/c1-4-5-10-18(11-12-19)16(20)17-14-8-6-7-9-15(14)21-13(2)3/h6-9,13,19H,4-5,10-12H2,1-3H3,(H,17,20). The fourth-order valence-electron chi connectivity index (χ4n) is 1.91. The number of aliphatic hydroxyl groups excluding tert-OH is 1. The Morgan fingerprint density at radius 3 is 2.67 bits per heavy atom. The van der Waals surface area contributed by atoms with E-state index in [0.29, 0.717) is 24.5 Å². The second-order valence-electron chi connectivity index (χ2n) is 5.16. The first-order valence-electron chi connectivity index (χ1n) is 7.51. The van der Waals surface area contributed by atoms with Crippen LogP contribution in [0.1, 0.15) is 33.6 Å². The highest BCUT2D eigenvalue weighted by Gasteiger charge is 2.14. The minimum atomic E-state index is -0.211. The Balaban J connectivity index is 2.75. The average molecular weight is 294 g/mol. The zero-order valence-corrected chi connectivity index (χ0v) is 13.1. The molecule has 5 nitrogen and oxygen atoms in total. The van der Waals surface area contributed by atoms with Crippen molar-refractivity contribution in [2.24, 2.45) is 0 Å². The Morgan fingerprint density at radius 2 is 2.05 bits per heavy atom. The summed E-state index contributed by atoms with van der Waals surface area (Å²) in [6.07, 6.45) is 1.96. The summed E-state index contributed by atoms with van der Waals surface area (Å²) in [5.41, 5.74) is 0.649. The lowest BCUT2D eigenvalue weighted by Gasteiger charge is -2.23. The zero-order chi connectivity index (χ0) is 15.7. The van der Waals surface area contributed by atoms with E-state index in [9.17, 15) is 4.79 Å². The van der Waals surface area contributed by atoms with Crippen molar-refractivity contribution in [2.75, 3.05) is 25.0 Å². The van der Waals surface area contributed by atoms with Crippen LogP contribution in [0.2, 0.25) is 0 Å². The van der Waals surface area contributed by atoms with Crippen molar-refractivity contribution in [3.63, 3.8) is 0 Å². The van der Waals surface area contributed by atoms with E-state index in [2.05, 4.69) is 12.2 Å². The smallest absolute Gasteiger partial charge is 0.322 e. The molecule has 0 aliphatic heterocycles. The molecule has 0 bridgehead atoms. The molecule has 0 heterocycles. The van der Waals surface area contributed by atoms with E-state index in [0.717, 1.165) is 12.8 Å². The van der Waals surface area contributed by atoms with Gasteiger partial charge in [0.05, 0.1) is 18.4 Å². The lowest BCUT2D eigenvalue weighted by Crippen LogP contribution is -2.37. The molecule has 0 spiro atoms. The van der Waals surface area contributed by atoms with E-state index in [1.54, 1.807) is 4.90 Å². The van der Waals surface area contributed by atoms with E-state index in [1.807, 2.05) is 38.1 Å². The van der Waals surface area contributed by atoms with Crippen LogP contribution in [0.15, 0.2) is 24.3 Å². The van der Waals surface area contributed by atoms with Gasteiger partial charge in [-0.1, -0.05) is 25.5 Å². The predicted molar refractivity (Wildman–Crippen MR) is 84.8 cm³/mol. The van der Waals surface area contributed by atoms with Crippen LogP contribution in [-0.2, 0) is 0 Å². The highest BCUT2D eigenvalue weighted by Crippen LogP contribution is 2.25. The van der Waals surface area contributed by atoms with Gasteiger partial charge in [-0.3, -0.25) is 0 Å². The number of carbonyl (C=O) groups excluding carboxylic acids is 1. The van der Waals surface area contributed by atoms with Gasteiger partial charge in [0.2, 0.25) is 0 Å². The van der Waals surface area contributed by atoms with Gasteiger partial charge in [0, 0.05) is 13.1 Å². The van der Waals surface area contributed by atoms with Crippen LogP contribution in [0.5, 0.6) is 5.75 Å². The Labute approximate surface area is 126 Å². The van der Waals surface area contributed by atoms with E-state index < -0.39 is 0 Å². The third-order valence-electron chi connectivity index (χ3n) is 2.93. The maximum atomic E-state index is 12.3. The molecule has 2 amide bonds. The minimum absolute atomic E-state index is 0.0386. The van der Waals surface area contributed by atoms with E-state index >= 15 is 0 Å². The number of carbonyl (C=O) groups is 1. The molecule has 0 saturated heterocycles. The third kappa shape index (κ3) is 6.04. The molecule has 0 radical (unpaired) electrons. The maximum Gasteiger partial charge on any atom is 0.322 e. The largest absolute Gasteiger partial charge is 0.489 e. The molecule has 0 saturated carbocycles. The quantitative estimate of drug-likeness (QED) is 0.774. The Hall–Kier alpha value is -1.75. The summed E-state index contributed by atoms with van der Waals surface area (Å²) in [6, 6.07) is 7.16. The SMILES string of the molecule is CCCCN(CCO)C(=O)Nc1ccccc1OC(C)C. The van der Waals surface area contributed by atoms with Gasteiger partial charge in [-0.2, -0.15) is 0 Å². The number of para-hydroxylation sites is 2. The van der Waals surface area contributed by atoms with Crippen molar-refractivity contribution in [2.45, 2.75) is 39.7 Å². The number of unbranched alkanes of at least 4 members (excludes halogenated alkanes) is 1. The second-order valence-corrected chi connectivity index (χ2v) is 5.16. The number of aliphatic hydroxyl groups is 1. The summed E-state index contributed by atoms with van der Waals surface area (Å²) in [4.78, 5) is 13.9. The number of anilines is 1. The number of benzene rings is 1. The van der Waals surface area contributed by atoms with E-state index in [-0.39, 0.29) is 18.7 Å². The molecule has 1 aromatic rings. The predicted octanol–water partition coefficient (Wildman–Crippen LogP) is 3.10. The molecular formula is C16H26N2O3. The van der Waals surface area contributed by atoms with Crippen molar-refractivity contribution < 1.29 is 14.6 Å². The fourth-order valence-corrected chi connectivity index (χ4v) is 1.91. The average Bonchev–Trinajstić information content (AvgIpc) is 2.45. The molecule has 5 heteroatoms. The van der Waals surface area contributed by atoms with Gasteiger partial charge in [0.1, 0.15) is 5.75 Å². The van der Waals surface area contributed by atoms with Crippen LogP contribution in [0.4, 0.5) is 10.5 Å². The zero-order valence-electron chi connectivity index (χ0n) is 13.1. The van der Waals surface area contributed by atoms with Crippen LogP contribution in [-0.4, -0.2) is 41.8 Å². The number of hydrogen-bond acceptors (Lipinski definition) is 3. The molecule has 0 fully saturated rings. The van der Waals surface area contributed by atoms with Crippen molar-refractivity contribution in [3.05, 3.63) is 24.3 Å². The molecule has 0 aromatic heterocycles. The molecular weight excluding hydrogens is 268 g/mol. The highest BCUT2D eigenvalue weighted by atomic mass is 16.5. The first kappa shape index (κ1) is 17.3. The van der Waals surface area contributed by atoms with Crippen LogP contribution in [0, 0.1) is 0 Å². The molecule has 1 aromatic carbocycles. The van der Waals surface area contributed by atoms with Gasteiger partial charge in [-0.05, 0) is 32.4 Å². The Morgan fingerprint density at radius 1 is 1.33 bits per heavy atom. The minimum Gasteiger partial charge on any atom is -0.489 e. The summed E-state index contributed by atoms with van der Waals surface area (Å²) in [7, 11) is 0. The van der Waals surface area contributed by atoms with Gasteiger partial charge in [-0.25, -0.2) is 4.79 Å². The Bertz CT molecular complexity index is 435. The summed E-state index contributed by atoms with van der Waals surface area (Å²) in [5, 5.41) is 11.9. The van der Waals surface area contributed by atoms with Gasteiger partial charge >= 0.3 is 6.03 Å². The van der Waals surface area contributed by atoms with Crippen LogP contribution in [0.3, 0.4) is 0 Å². The maximum absolute atomic E-state index is 12.3. The summed E-state index contributed by atoms with van der Waals surface area (Å²) in [6.45, 7) is 6.88. The molecule has 1 rings (SSSR count). The normalized spacial score (nSPS) is 10.5. The summed E-state index contributed by atoms with van der Waals surface area (Å²) in [5.74, 6) is 0.653. The van der Waals surface area contributed by atoms with E-state index in [4.69, 9.17) is 9.84 Å². The highest BCUT2D eigenvalue weighted by molar-refractivity contribution is 5.91. The lowest BCUT2D eigenvalue weighted by molar-refractivity contribution is 0.187. The molecule has 21 heavy (non-hydrogen) atoms. The van der Waals surface area contributed by atoms with Crippen molar-refractivity contribution >= 4 is 11.7 Å². The second kappa shape index (κ2) is 9.23. The number of hydrogen-bond donors (Lipinski definition) is 2. The lowest BCUT2D eigenvalue weighted by atomic mass is 10.3. The molecule has 0 unspecified atom stereocenters. The molecule has 0 atom stereocenters. The van der Waals surface area contributed by atoms with Crippen LogP contribution >= 0.6 is 0 Å². The molecule has 0 aliphatic rings. The van der Waals surface area contributed by atoms with E-state index in [1.165, 1.54) is 0 Å². The number of urea groups is 1. The van der Waals surface area contributed by atoms with Gasteiger partial charge < -0.3 is 20.1 Å². The molecule has 2 N–H and O–H groups in total. The van der Waals surface area contributed by atoms with Crippen molar-refractivity contribution in [1.82, 2.24) is 4.90 Å². The van der Waals surface area contributed by atoms with Gasteiger partial charge in [0.15, 0.2) is 0 Å². The summed E-state index contributed by atoms with van der Waals surface area (Å²) >= 11 is 0.